The lowest BCUT2D eigenvalue weighted by Crippen LogP contribution is -2.51. The van der Waals surface area contributed by atoms with Crippen molar-refractivity contribution < 1.29 is 13.6 Å². The van der Waals surface area contributed by atoms with Crippen molar-refractivity contribution in [1.29, 1.82) is 0 Å². The molecule has 3 aliphatic heterocycles. The van der Waals surface area contributed by atoms with Gasteiger partial charge in [-0.15, -0.1) is 0 Å². The number of alkyl halides is 2. The first-order valence-corrected chi connectivity index (χ1v) is 15.1. The van der Waals surface area contributed by atoms with Crippen molar-refractivity contribution in [3.8, 4) is 11.1 Å². The topological polar surface area (TPSA) is 82.7 Å². The van der Waals surface area contributed by atoms with E-state index in [1.807, 2.05) is 39.9 Å². The minimum absolute atomic E-state index is 0.0302. The average Bonchev–Trinajstić information content (AvgIpc) is 3.35. The molecule has 1 atom stereocenters. The molecule has 6 rings (SSSR count). The highest BCUT2D eigenvalue weighted by atomic mass is 19.3. The van der Waals surface area contributed by atoms with Crippen LogP contribution in [-0.4, -0.2) is 70.2 Å². The summed E-state index contributed by atoms with van der Waals surface area (Å²) in [7, 11) is 1.93. The van der Waals surface area contributed by atoms with Gasteiger partial charge in [0.2, 0.25) is 5.91 Å². The molecule has 10 heteroatoms. The van der Waals surface area contributed by atoms with Gasteiger partial charge in [0.25, 0.3) is 6.43 Å². The number of halogens is 2. The average molecular weight is 578 g/mol. The number of anilines is 1. The molecule has 0 spiro atoms. The second-order valence-corrected chi connectivity index (χ2v) is 11.9. The molecule has 224 valence electrons. The van der Waals surface area contributed by atoms with Crippen LogP contribution < -0.4 is 16.1 Å². The zero-order valence-corrected chi connectivity index (χ0v) is 24.7. The predicted molar refractivity (Wildman–Crippen MR) is 162 cm³/mol. The van der Waals surface area contributed by atoms with E-state index >= 15 is 0 Å². The maximum Gasteiger partial charge on any atom is 0.264 e. The number of aryl methyl sites for hydroxylation is 2. The smallest absolute Gasteiger partial charge is 0.264 e. The molecule has 3 aromatic rings. The molecule has 3 aliphatic rings. The zero-order valence-electron chi connectivity index (χ0n) is 24.7. The molecule has 1 aromatic carbocycles. The molecule has 1 saturated heterocycles. The second-order valence-electron chi connectivity index (χ2n) is 11.9. The number of hydrogen-bond donors (Lipinski definition) is 2. The van der Waals surface area contributed by atoms with Crippen LogP contribution >= 0.6 is 0 Å². The molecule has 1 fully saturated rings. The number of nitrogens with one attached hydrogen (secondary N) is 1. The number of carbonyl (C=O) groups excluding carboxylic acids is 1. The number of amides is 1. The van der Waals surface area contributed by atoms with Crippen molar-refractivity contribution in [2.45, 2.75) is 64.5 Å². The summed E-state index contributed by atoms with van der Waals surface area (Å²) < 4.78 is 31.5. The Morgan fingerprint density at radius 2 is 1.95 bits per heavy atom. The maximum absolute atomic E-state index is 14.8. The largest absolute Gasteiger partial charge is 0.365 e. The fourth-order valence-electron chi connectivity index (χ4n) is 7.15. The van der Waals surface area contributed by atoms with E-state index in [2.05, 4.69) is 22.1 Å². The van der Waals surface area contributed by atoms with Crippen LogP contribution in [0.2, 0.25) is 0 Å². The van der Waals surface area contributed by atoms with Gasteiger partial charge < -0.3 is 24.7 Å². The zero-order chi connectivity index (χ0) is 29.5. The summed E-state index contributed by atoms with van der Waals surface area (Å²) in [5, 5.41) is 6.23. The lowest BCUT2D eigenvalue weighted by atomic mass is 9.89. The highest BCUT2D eigenvalue weighted by molar-refractivity contribution is 5.97. The molecule has 0 aliphatic carbocycles. The Balaban J connectivity index is 1.42. The van der Waals surface area contributed by atoms with Gasteiger partial charge in [0.05, 0.1) is 11.6 Å². The quantitative estimate of drug-likeness (QED) is 0.325. The monoisotopic (exact) mass is 577 g/mol. The first kappa shape index (κ1) is 28.6. The first-order chi connectivity index (χ1) is 20.2. The molecular formula is C32H41F2N7O. The van der Waals surface area contributed by atoms with Crippen molar-refractivity contribution in [1.82, 2.24) is 24.8 Å². The lowest BCUT2D eigenvalue weighted by molar-refractivity contribution is -0.128. The lowest BCUT2D eigenvalue weighted by Gasteiger charge is -2.44. The first-order valence-electron chi connectivity index (χ1n) is 15.1. The van der Waals surface area contributed by atoms with Gasteiger partial charge >= 0.3 is 0 Å². The SMILES string of the molecule is CC(=O)N1CCC(N(N)C2CCNCC2)=C(C(C)N2CCCc3cc(-c4cn(C)c5ccncc45)c(C(F)F)cc32)C1. The Hall–Kier alpha value is -3.50. The van der Waals surface area contributed by atoms with Gasteiger partial charge in [0.15, 0.2) is 0 Å². The third kappa shape index (κ3) is 5.15. The van der Waals surface area contributed by atoms with Crippen LogP contribution in [-0.2, 0) is 18.3 Å². The molecule has 2 aromatic heterocycles. The third-order valence-electron chi connectivity index (χ3n) is 9.50. The third-order valence-corrected chi connectivity index (χ3v) is 9.50. The number of fused-ring (bicyclic) bond motifs is 2. The van der Waals surface area contributed by atoms with E-state index in [9.17, 15) is 13.6 Å². The number of hydrazine groups is 1. The van der Waals surface area contributed by atoms with E-state index in [1.165, 1.54) is 0 Å². The van der Waals surface area contributed by atoms with Gasteiger partial charge in [-0.3, -0.25) is 9.78 Å². The van der Waals surface area contributed by atoms with Gasteiger partial charge in [-0.05, 0) is 80.6 Å². The van der Waals surface area contributed by atoms with Gasteiger partial charge in [-0.1, -0.05) is 0 Å². The number of benzene rings is 1. The molecule has 1 unspecified atom stereocenters. The Labute approximate surface area is 246 Å². The second kappa shape index (κ2) is 11.6. The summed E-state index contributed by atoms with van der Waals surface area (Å²) in [6, 6.07) is 5.72. The normalized spacial score (nSPS) is 19.0. The number of piperidine rings is 1. The highest BCUT2D eigenvalue weighted by Crippen LogP contribution is 2.43. The van der Waals surface area contributed by atoms with Crippen LogP contribution in [0, 0.1) is 0 Å². The minimum Gasteiger partial charge on any atom is -0.365 e. The van der Waals surface area contributed by atoms with E-state index in [1.54, 1.807) is 25.4 Å². The molecule has 3 N–H and O–H groups in total. The van der Waals surface area contributed by atoms with Crippen molar-refractivity contribution in [3.63, 3.8) is 0 Å². The van der Waals surface area contributed by atoms with Crippen LogP contribution in [0.5, 0.6) is 0 Å². The Bertz CT molecular complexity index is 1510. The standard InChI is InChI=1S/C32H41F2N7O/c1-20(27-19-39(21(2)42)14-9-30(27)41(35)23-6-10-36-11-7-23)40-13-4-5-22-15-24(25(32(33)34)16-31(22)40)28-18-38(3)29-8-12-37-17-26(28)29/h8,12,15-18,20,23,32,36H,4-7,9-11,13-14,19,35H2,1-3H3. The summed E-state index contributed by atoms with van der Waals surface area (Å²) in [5.74, 6) is 6.85. The molecule has 5 heterocycles. The van der Waals surface area contributed by atoms with Crippen molar-refractivity contribution >= 4 is 22.5 Å². The number of aromatic nitrogens is 2. The summed E-state index contributed by atoms with van der Waals surface area (Å²) in [5.41, 5.74) is 6.44. The Morgan fingerprint density at radius 3 is 2.69 bits per heavy atom. The number of rotatable bonds is 6. The number of pyridine rings is 1. The van der Waals surface area contributed by atoms with Gasteiger partial charge in [-0.25, -0.2) is 14.6 Å². The van der Waals surface area contributed by atoms with Crippen LogP contribution in [0.15, 0.2) is 48.1 Å². The van der Waals surface area contributed by atoms with E-state index in [-0.39, 0.29) is 23.6 Å². The number of carbonyl (C=O) groups is 1. The minimum atomic E-state index is -2.63. The van der Waals surface area contributed by atoms with E-state index in [4.69, 9.17) is 5.84 Å². The number of hydrogen-bond acceptors (Lipinski definition) is 6. The van der Waals surface area contributed by atoms with Crippen molar-refractivity contribution in [2.24, 2.45) is 12.9 Å². The van der Waals surface area contributed by atoms with Gasteiger partial charge in [-0.2, -0.15) is 0 Å². The van der Waals surface area contributed by atoms with E-state index in [0.29, 0.717) is 25.1 Å². The Kier molecular flexibility index (Phi) is 7.93. The summed E-state index contributed by atoms with van der Waals surface area (Å²) in [6.45, 7) is 7.49. The van der Waals surface area contributed by atoms with E-state index in [0.717, 1.165) is 84.3 Å². The maximum atomic E-state index is 14.8. The molecule has 1 amide bonds. The number of nitrogens with zero attached hydrogens (tertiary/aromatic N) is 5. The van der Waals surface area contributed by atoms with Crippen molar-refractivity contribution in [2.75, 3.05) is 37.6 Å². The Morgan fingerprint density at radius 1 is 1.17 bits per heavy atom. The van der Waals surface area contributed by atoms with Crippen LogP contribution in [0.4, 0.5) is 14.5 Å². The fraction of sp³-hybridized carbons (Fsp3) is 0.500. The molecule has 0 bridgehead atoms. The fourth-order valence-corrected chi connectivity index (χ4v) is 7.15. The molecular weight excluding hydrogens is 536 g/mol. The highest BCUT2D eigenvalue weighted by Gasteiger charge is 2.34. The summed E-state index contributed by atoms with van der Waals surface area (Å²) in [6.07, 6.45) is 7.14. The van der Waals surface area contributed by atoms with Crippen molar-refractivity contribution in [3.05, 3.63) is 59.2 Å². The molecule has 0 saturated carbocycles. The summed E-state index contributed by atoms with van der Waals surface area (Å²) >= 11 is 0. The molecule has 8 nitrogen and oxygen atoms in total. The van der Waals surface area contributed by atoms with Crippen LogP contribution in [0.25, 0.3) is 22.0 Å². The predicted octanol–water partition coefficient (Wildman–Crippen LogP) is 4.75. The summed E-state index contributed by atoms with van der Waals surface area (Å²) in [4.78, 5) is 20.9. The van der Waals surface area contributed by atoms with Gasteiger partial charge in [0.1, 0.15) is 0 Å². The van der Waals surface area contributed by atoms with E-state index < -0.39 is 6.43 Å². The van der Waals surface area contributed by atoms with Crippen LogP contribution in [0.1, 0.15) is 57.1 Å². The van der Waals surface area contributed by atoms with Gasteiger partial charge in [0, 0.05) is 92.6 Å². The molecule has 42 heavy (non-hydrogen) atoms. The van der Waals surface area contributed by atoms with Crippen LogP contribution in [0.3, 0.4) is 0 Å². The molecule has 0 radical (unpaired) electrons. The number of nitrogens with two attached hydrogens (primary N) is 1.